The maximum absolute atomic E-state index is 11.0. The molecule has 1 aromatic heterocycles. The lowest BCUT2D eigenvalue weighted by atomic mass is 10.2. The first-order chi connectivity index (χ1) is 9.13. The van der Waals surface area contributed by atoms with E-state index in [0.29, 0.717) is 18.5 Å². The van der Waals surface area contributed by atoms with Crippen LogP contribution in [0.4, 0.5) is 5.69 Å². The molecule has 7 nitrogen and oxygen atoms in total. The molecular weight excluding hydrogens is 272 g/mol. The number of halogens is 1. The van der Waals surface area contributed by atoms with E-state index in [1.54, 1.807) is 12.3 Å². The van der Waals surface area contributed by atoms with Gasteiger partial charge in [-0.15, -0.1) is 5.10 Å². The molecule has 1 heterocycles. The summed E-state index contributed by atoms with van der Waals surface area (Å²) >= 11 is 5.99. The van der Waals surface area contributed by atoms with Crippen LogP contribution in [0.15, 0.2) is 24.4 Å². The van der Waals surface area contributed by atoms with Gasteiger partial charge in [-0.1, -0.05) is 22.9 Å². The van der Waals surface area contributed by atoms with Gasteiger partial charge in [-0.3, -0.25) is 10.1 Å². The van der Waals surface area contributed by atoms with Crippen molar-refractivity contribution in [1.29, 1.82) is 0 Å². The molecule has 1 aromatic carbocycles. The average molecular weight is 283 g/mol. The van der Waals surface area contributed by atoms with Crippen LogP contribution in [0, 0.1) is 10.1 Å². The quantitative estimate of drug-likeness (QED) is 0.666. The topological polar surface area (TPSA) is 94.1 Å². The fourth-order valence-electron chi connectivity index (χ4n) is 1.66. The van der Waals surface area contributed by atoms with E-state index in [9.17, 15) is 10.1 Å². The smallest absolute Gasteiger partial charge is 0.296 e. The number of para-hydroxylation sites is 1. The van der Waals surface area contributed by atoms with Crippen molar-refractivity contribution in [2.75, 3.05) is 6.61 Å². The largest absolute Gasteiger partial charge is 0.396 e. The number of aliphatic hydroxyl groups is 1. The highest BCUT2D eigenvalue weighted by Crippen LogP contribution is 2.29. The number of nitro groups is 1. The van der Waals surface area contributed by atoms with Crippen molar-refractivity contribution >= 4 is 17.3 Å². The molecule has 0 spiro atoms. The third-order valence-electron chi connectivity index (χ3n) is 2.52. The Labute approximate surface area is 113 Å². The Hall–Kier alpha value is -1.99. The Kier molecular flexibility index (Phi) is 4.08. The summed E-state index contributed by atoms with van der Waals surface area (Å²) in [7, 11) is 0. The lowest BCUT2D eigenvalue weighted by Gasteiger charge is -2.03. The lowest BCUT2D eigenvalue weighted by Crippen LogP contribution is -2.01. The summed E-state index contributed by atoms with van der Waals surface area (Å²) in [6, 6.07) is 4.42. The van der Waals surface area contributed by atoms with Gasteiger partial charge < -0.3 is 5.11 Å². The summed E-state index contributed by atoms with van der Waals surface area (Å²) in [5.41, 5.74) is 0.700. The molecule has 100 valence electrons. The van der Waals surface area contributed by atoms with Gasteiger partial charge in [0.2, 0.25) is 0 Å². The minimum absolute atomic E-state index is 0.0547. The summed E-state index contributed by atoms with van der Waals surface area (Å²) < 4.78 is 1.28. The van der Waals surface area contributed by atoms with Gasteiger partial charge in [0.1, 0.15) is 0 Å². The molecule has 0 radical (unpaired) electrons. The van der Waals surface area contributed by atoms with Crippen molar-refractivity contribution in [3.63, 3.8) is 0 Å². The van der Waals surface area contributed by atoms with Crippen molar-refractivity contribution < 1.29 is 10.0 Å². The molecule has 0 saturated heterocycles. The van der Waals surface area contributed by atoms with Gasteiger partial charge >= 0.3 is 0 Å². The number of rotatable bonds is 5. The zero-order valence-corrected chi connectivity index (χ0v) is 10.6. The zero-order chi connectivity index (χ0) is 13.8. The fourth-order valence-corrected chi connectivity index (χ4v) is 1.92. The minimum Gasteiger partial charge on any atom is -0.396 e. The summed E-state index contributed by atoms with van der Waals surface area (Å²) in [5.74, 6) is 0. The molecule has 19 heavy (non-hydrogen) atoms. The van der Waals surface area contributed by atoms with Crippen LogP contribution in [0.1, 0.15) is 12.1 Å². The number of hydrogen-bond acceptors (Lipinski definition) is 5. The van der Waals surface area contributed by atoms with Crippen LogP contribution in [0.5, 0.6) is 0 Å². The average Bonchev–Trinajstić information content (AvgIpc) is 2.84. The number of hydrogen-bond donors (Lipinski definition) is 1. The second-order valence-corrected chi connectivity index (χ2v) is 4.25. The van der Waals surface area contributed by atoms with Crippen molar-refractivity contribution in [3.05, 3.63) is 45.2 Å². The third kappa shape index (κ3) is 2.88. The second-order valence-electron chi connectivity index (χ2n) is 3.85. The molecule has 0 unspecified atom stereocenters. The van der Waals surface area contributed by atoms with Gasteiger partial charge in [-0.25, -0.2) is 4.68 Å². The lowest BCUT2D eigenvalue weighted by molar-refractivity contribution is -0.384. The van der Waals surface area contributed by atoms with Crippen molar-refractivity contribution in [2.45, 2.75) is 12.8 Å². The van der Waals surface area contributed by atoms with Gasteiger partial charge in [0.15, 0.2) is 5.69 Å². The van der Waals surface area contributed by atoms with Crippen LogP contribution in [-0.2, 0) is 6.42 Å². The Bertz CT molecular complexity index is 599. The van der Waals surface area contributed by atoms with E-state index in [1.165, 1.54) is 16.8 Å². The zero-order valence-electron chi connectivity index (χ0n) is 9.86. The molecule has 0 aliphatic rings. The third-order valence-corrected chi connectivity index (χ3v) is 2.83. The molecule has 2 rings (SSSR count). The number of aryl methyl sites for hydroxylation is 1. The molecule has 0 aliphatic heterocycles. The van der Waals surface area contributed by atoms with E-state index in [4.69, 9.17) is 16.7 Å². The van der Waals surface area contributed by atoms with E-state index in [0.717, 1.165) is 0 Å². The predicted molar refractivity (Wildman–Crippen MR) is 68.4 cm³/mol. The van der Waals surface area contributed by atoms with Crippen LogP contribution >= 0.6 is 11.6 Å². The van der Waals surface area contributed by atoms with E-state index in [-0.39, 0.29) is 23.0 Å². The second kappa shape index (κ2) is 5.77. The Morgan fingerprint density at radius 2 is 2.26 bits per heavy atom. The van der Waals surface area contributed by atoms with Crippen LogP contribution < -0.4 is 0 Å². The van der Waals surface area contributed by atoms with Crippen LogP contribution in [0.2, 0.25) is 5.02 Å². The Balaban J connectivity index is 2.41. The first-order valence-corrected chi connectivity index (χ1v) is 5.96. The first-order valence-electron chi connectivity index (χ1n) is 5.59. The summed E-state index contributed by atoms with van der Waals surface area (Å²) in [4.78, 5) is 10.5. The van der Waals surface area contributed by atoms with Gasteiger partial charge in [-0.05, 0) is 18.9 Å². The Morgan fingerprint density at radius 3 is 2.95 bits per heavy atom. The summed E-state index contributed by atoms with van der Waals surface area (Å²) in [5, 5.41) is 27.7. The number of aliphatic hydroxyl groups excluding tert-OH is 1. The van der Waals surface area contributed by atoms with E-state index in [1.807, 2.05) is 0 Å². The molecule has 0 atom stereocenters. The van der Waals surface area contributed by atoms with Crippen LogP contribution in [0.25, 0.3) is 5.69 Å². The first kappa shape index (κ1) is 13.4. The van der Waals surface area contributed by atoms with E-state index in [2.05, 4.69) is 10.3 Å². The molecule has 0 amide bonds. The van der Waals surface area contributed by atoms with Gasteiger partial charge in [0, 0.05) is 12.7 Å². The standard InChI is InChI=1S/C11H11ClN4O3/c12-9-4-1-5-10(16(18)19)11(9)15-7-8(13-14-15)3-2-6-17/h1,4-5,7,17H,2-3,6H2. The molecule has 0 bridgehead atoms. The maximum atomic E-state index is 11.0. The number of nitro benzene ring substituents is 1. The maximum Gasteiger partial charge on any atom is 0.296 e. The summed E-state index contributed by atoms with van der Waals surface area (Å²) in [6.45, 7) is 0.0547. The fraction of sp³-hybridized carbons (Fsp3) is 0.273. The van der Waals surface area contributed by atoms with Crippen LogP contribution in [0.3, 0.4) is 0 Å². The Morgan fingerprint density at radius 1 is 1.47 bits per heavy atom. The SMILES string of the molecule is O=[N+]([O-])c1cccc(Cl)c1-n1cc(CCCO)nn1. The highest BCUT2D eigenvalue weighted by molar-refractivity contribution is 6.32. The molecule has 1 N–H and O–H groups in total. The van der Waals surface area contributed by atoms with Crippen molar-refractivity contribution in [2.24, 2.45) is 0 Å². The van der Waals surface area contributed by atoms with Crippen molar-refractivity contribution in [1.82, 2.24) is 15.0 Å². The molecule has 0 fully saturated rings. The highest BCUT2D eigenvalue weighted by Gasteiger charge is 2.19. The number of nitrogens with zero attached hydrogens (tertiary/aromatic N) is 4. The van der Waals surface area contributed by atoms with Gasteiger partial charge in [0.25, 0.3) is 5.69 Å². The molecule has 0 saturated carbocycles. The van der Waals surface area contributed by atoms with E-state index < -0.39 is 4.92 Å². The predicted octanol–water partition coefficient (Wildman–Crippen LogP) is 1.75. The van der Waals surface area contributed by atoms with Gasteiger partial charge in [-0.2, -0.15) is 0 Å². The van der Waals surface area contributed by atoms with Crippen molar-refractivity contribution in [3.8, 4) is 5.69 Å². The van der Waals surface area contributed by atoms with Crippen LogP contribution in [-0.4, -0.2) is 31.6 Å². The number of benzene rings is 1. The molecule has 0 aliphatic carbocycles. The van der Waals surface area contributed by atoms with Gasteiger partial charge in [0.05, 0.1) is 21.8 Å². The highest BCUT2D eigenvalue weighted by atomic mass is 35.5. The molecular formula is C11H11ClN4O3. The summed E-state index contributed by atoms with van der Waals surface area (Å²) in [6.07, 6.45) is 2.68. The molecule has 2 aromatic rings. The van der Waals surface area contributed by atoms with E-state index >= 15 is 0 Å². The minimum atomic E-state index is -0.518. The monoisotopic (exact) mass is 282 g/mol. The number of aromatic nitrogens is 3. The molecule has 8 heteroatoms. The normalized spacial score (nSPS) is 10.6.